The lowest BCUT2D eigenvalue weighted by Crippen LogP contribution is -2.22. The van der Waals surface area contributed by atoms with Crippen LogP contribution in [0.4, 0.5) is 13.2 Å². The number of nitrogens with two attached hydrogens (primary N) is 1. The van der Waals surface area contributed by atoms with Gasteiger partial charge in [-0.3, -0.25) is 4.99 Å². The van der Waals surface area contributed by atoms with Gasteiger partial charge in [0.05, 0.1) is 24.0 Å². The molecule has 0 spiro atoms. The van der Waals surface area contributed by atoms with E-state index >= 15 is 0 Å². The summed E-state index contributed by atoms with van der Waals surface area (Å²) >= 11 is 0. The van der Waals surface area contributed by atoms with Crippen LogP contribution in [0, 0.1) is 0 Å². The van der Waals surface area contributed by atoms with Gasteiger partial charge >= 0.3 is 6.36 Å². The molecule has 0 saturated heterocycles. The summed E-state index contributed by atoms with van der Waals surface area (Å²) in [5.41, 5.74) is 12.3. The lowest BCUT2D eigenvalue weighted by Gasteiger charge is -2.25. The monoisotopic (exact) mass is 475 g/mol. The number of ether oxygens (including phenoxy) is 1. The van der Waals surface area contributed by atoms with Crippen LogP contribution in [0.3, 0.4) is 0 Å². The Morgan fingerprint density at radius 2 is 1.57 bits per heavy atom. The van der Waals surface area contributed by atoms with Gasteiger partial charge in [-0.25, -0.2) is 0 Å². The summed E-state index contributed by atoms with van der Waals surface area (Å²) in [5.74, 6) is -0.254. The Labute approximate surface area is 201 Å². The third-order valence-electron chi connectivity index (χ3n) is 6.09. The van der Waals surface area contributed by atoms with Crippen molar-refractivity contribution in [1.82, 2.24) is 4.57 Å². The van der Waals surface area contributed by atoms with Gasteiger partial charge in [0.15, 0.2) is 0 Å². The first-order valence-electron chi connectivity index (χ1n) is 11.4. The van der Waals surface area contributed by atoms with E-state index in [2.05, 4.69) is 38.6 Å². The normalized spacial score (nSPS) is 15.1. The standard InChI is InChI=1S/C28H24F3N3O/c29-28(30,31)35-25-11-5-9-21(15-25)26-16-24-18-33-17-23(12-13-32)34(24)27(26)22-10-4-8-20(14-22)19-6-2-1-3-7-19/h1-11,14-16,18,23H,12-13,17,32H2/t23-/m0/s1. The predicted octanol–water partition coefficient (Wildman–Crippen LogP) is 6.71. The summed E-state index contributed by atoms with van der Waals surface area (Å²) < 4.78 is 45.1. The van der Waals surface area contributed by atoms with Crippen LogP contribution in [0.2, 0.25) is 0 Å². The number of hydrogen-bond donors (Lipinski definition) is 1. The largest absolute Gasteiger partial charge is 0.573 e. The minimum absolute atomic E-state index is 0.0544. The molecular formula is C28H24F3N3O. The first-order chi connectivity index (χ1) is 16.9. The zero-order chi connectivity index (χ0) is 24.4. The van der Waals surface area contributed by atoms with Gasteiger partial charge in [0, 0.05) is 11.8 Å². The van der Waals surface area contributed by atoms with Crippen LogP contribution in [0.15, 0.2) is 89.9 Å². The molecule has 0 unspecified atom stereocenters. The highest BCUT2D eigenvalue weighted by atomic mass is 19.4. The van der Waals surface area contributed by atoms with Crippen molar-refractivity contribution in [3.8, 4) is 39.3 Å². The maximum absolute atomic E-state index is 12.9. The first-order valence-corrected chi connectivity index (χ1v) is 11.4. The highest BCUT2D eigenvalue weighted by Crippen LogP contribution is 2.41. The van der Waals surface area contributed by atoms with Gasteiger partial charge in [-0.05, 0) is 59.5 Å². The Kier molecular flexibility index (Phi) is 6.17. The van der Waals surface area contributed by atoms with Gasteiger partial charge < -0.3 is 15.0 Å². The van der Waals surface area contributed by atoms with E-state index in [9.17, 15) is 13.2 Å². The van der Waals surface area contributed by atoms with E-state index in [-0.39, 0.29) is 11.8 Å². The van der Waals surface area contributed by atoms with Crippen LogP contribution in [-0.2, 0) is 0 Å². The molecule has 0 bridgehead atoms. The molecule has 0 aliphatic carbocycles. The smallest absolute Gasteiger partial charge is 0.406 e. The fourth-order valence-electron chi connectivity index (χ4n) is 4.65. The molecule has 5 rings (SSSR count). The number of aromatic nitrogens is 1. The topological polar surface area (TPSA) is 52.5 Å². The van der Waals surface area contributed by atoms with Gasteiger partial charge in [0.1, 0.15) is 5.75 Å². The summed E-state index contributed by atoms with van der Waals surface area (Å²) in [6.07, 6.45) is -2.21. The van der Waals surface area contributed by atoms with Crippen molar-refractivity contribution in [2.45, 2.75) is 18.8 Å². The summed E-state index contributed by atoms with van der Waals surface area (Å²) in [4.78, 5) is 4.52. The Bertz CT molecular complexity index is 1360. The van der Waals surface area contributed by atoms with Gasteiger partial charge in [0.25, 0.3) is 0 Å². The maximum atomic E-state index is 12.9. The fourth-order valence-corrected chi connectivity index (χ4v) is 4.65. The average Bonchev–Trinajstić information content (AvgIpc) is 3.25. The van der Waals surface area contributed by atoms with E-state index in [1.165, 1.54) is 12.1 Å². The lowest BCUT2D eigenvalue weighted by molar-refractivity contribution is -0.274. The second-order valence-electron chi connectivity index (χ2n) is 8.45. The number of halogens is 3. The zero-order valence-electron chi connectivity index (χ0n) is 18.9. The molecule has 2 N–H and O–H groups in total. The molecule has 178 valence electrons. The summed E-state index contributed by atoms with van der Waals surface area (Å²) in [6, 6.07) is 26.4. The van der Waals surface area contributed by atoms with Crippen molar-refractivity contribution in [2.24, 2.45) is 10.7 Å². The quantitative estimate of drug-likeness (QED) is 0.337. The van der Waals surface area contributed by atoms with Crippen LogP contribution in [0.1, 0.15) is 18.2 Å². The van der Waals surface area contributed by atoms with Gasteiger partial charge in [0.2, 0.25) is 0 Å². The molecule has 7 heteroatoms. The Hall–Kier alpha value is -3.84. The second kappa shape index (κ2) is 9.43. The molecule has 1 aromatic heterocycles. The fraction of sp³-hybridized carbons (Fsp3) is 0.179. The van der Waals surface area contributed by atoms with Crippen LogP contribution < -0.4 is 10.5 Å². The summed E-state index contributed by atoms with van der Waals surface area (Å²) in [5, 5.41) is 0. The molecule has 0 amide bonds. The molecule has 1 atom stereocenters. The molecule has 1 aliphatic heterocycles. The molecule has 1 aliphatic rings. The summed E-state index contributed by atoms with van der Waals surface area (Å²) in [6.45, 7) is 1.10. The van der Waals surface area contributed by atoms with Crippen molar-refractivity contribution in [1.29, 1.82) is 0 Å². The highest BCUT2D eigenvalue weighted by Gasteiger charge is 2.31. The maximum Gasteiger partial charge on any atom is 0.573 e. The molecule has 4 nitrogen and oxygen atoms in total. The zero-order valence-corrected chi connectivity index (χ0v) is 18.9. The van der Waals surface area contributed by atoms with Crippen LogP contribution in [0.25, 0.3) is 33.5 Å². The Morgan fingerprint density at radius 1 is 0.857 bits per heavy atom. The minimum Gasteiger partial charge on any atom is -0.406 e. The number of fused-ring (bicyclic) bond motifs is 1. The number of aliphatic imine (C=N–C) groups is 1. The van der Waals surface area contributed by atoms with Crippen LogP contribution in [-0.4, -0.2) is 30.2 Å². The third-order valence-corrected chi connectivity index (χ3v) is 6.09. The van der Waals surface area contributed by atoms with Gasteiger partial charge in [-0.1, -0.05) is 60.7 Å². The molecule has 0 radical (unpaired) electrons. The summed E-state index contributed by atoms with van der Waals surface area (Å²) in [7, 11) is 0. The van der Waals surface area contributed by atoms with Crippen molar-refractivity contribution in [2.75, 3.05) is 13.1 Å². The molecule has 0 saturated carbocycles. The number of benzene rings is 3. The molecule has 2 heterocycles. The Morgan fingerprint density at radius 3 is 2.34 bits per heavy atom. The lowest BCUT2D eigenvalue weighted by atomic mass is 9.97. The molecule has 35 heavy (non-hydrogen) atoms. The van der Waals surface area contributed by atoms with Gasteiger partial charge in [-0.15, -0.1) is 13.2 Å². The second-order valence-corrected chi connectivity index (χ2v) is 8.45. The third kappa shape index (κ3) is 4.86. The molecular weight excluding hydrogens is 451 g/mol. The predicted molar refractivity (Wildman–Crippen MR) is 133 cm³/mol. The van der Waals surface area contributed by atoms with Crippen LogP contribution >= 0.6 is 0 Å². The molecule has 0 fully saturated rings. The van der Waals surface area contributed by atoms with E-state index in [0.29, 0.717) is 18.7 Å². The highest BCUT2D eigenvalue weighted by molar-refractivity contribution is 5.91. The Balaban J connectivity index is 1.70. The van der Waals surface area contributed by atoms with Crippen molar-refractivity contribution >= 4 is 6.21 Å². The average molecular weight is 476 g/mol. The first kappa shape index (κ1) is 22.9. The van der Waals surface area contributed by atoms with Crippen LogP contribution in [0.5, 0.6) is 5.75 Å². The van der Waals surface area contributed by atoms with Crippen molar-refractivity contribution in [3.63, 3.8) is 0 Å². The number of hydrogen-bond acceptors (Lipinski definition) is 3. The van der Waals surface area contributed by atoms with E-state index in [4.69, 9.17) is 5.73 Å². The SMILES string of the molecule is NCC[C@H]1CN=Cc2cc(-c3cccc(OC(F)(F)F)c3)c(-c3cccc(-c4ccccc4)c3)n21. The van der Waals surface area contributed by atoms with E-state index < -0.39 is 6.36 Å². The van der Waals surface area contributed by atoms with Crippen molar-refractivity contribution in [3.05, 3.63) is 90.6 Å². The van der Waals surface area contributed by atoms with E-state index in [1.807, 2.05) is 42.6 Å². The van der Waals surface area contributed by atoms with Crippen molar-refractivity contribution < 1.29 is 17.9 Å². The molecule has 3 aromatic carbocycles. The number of rotatable bonds is 6. The number of alkyl halides is 3. The van der Waals surface area contributed by atoms with E-state index in [1.54, 1.807) is 12.1 Å². The molecule has 4 aromatic rings. The van der Waals surface area contributed by atoms with Gasteiger partial charge in [-0.2, -0.15) is 0 Å². The number of nitrogens with zero attached hydrogens (tertiary/aromatic N) is 2. The minimum atomic E-state index is -4.76. The van der Waals surface area contributed by atoms with E-state index in [0.717, 1.165) is 40.1 Å².